The molecular weight excluding hydrogens is 249 g/mol. The number of aryl methyl sites for hydroxylation is 2. The van der Waals surface area contributed by atoms with Crippen molar-refractivity contribution >= 4 is 0 Å². The molecule has 1 atom stereocenters. The van der Waals surface area contributed by atoms with E-state index in [1.54, 1.807) is 12.1 Å². The molecule has 2 N–H and O–H groups in total. The van der Waals surface area contributed by atoms with Gasteiger partial charge in [-0.1, -0.05) is 35.9 Å². The van der Waals surface area contributed by atoms with Crippen LogP contribution in [0.1, 0.15) is 22.3 Å². The van der Waals surface area contributed by atoms with Gasteiger partial charge >= 0.3 is 0 Å². The van der Waals surface area contributed by atoms with E-state index in [9.17, 15) is 4.39 Å². The van der Waals surface area contributed by atoms with Gasteiger partial charge < -0.3 is 5.73 Å². The summed E-state index contributed by atoms with van der Waals surface area (Å²) in [4.78, 5) is 0. The second-order valence-corrected chi connectivity index (χ2v) is 5.57. The SMILES string of the molecule is Cc1ccc(C)c(CC(CN)Cc2cccc(F)c2)c1. The van der Waals surface area contributed by atoms with Crippen molar-refractivity contribution in [3.05, 3.63) is 70.5 Å². The lowest BCUT2D eigenvalue weighted by atomic mass is 9.90. The van der Waals surface area contributed by atoms with Crippen molar-refractivity contribution in [1.82, 2.24) is 0 Å². The molecule has 0 aliphatic rings. The summed E-state index contributed by atoms with van der Waals surface area (Å²) in [5.41, 5.74) is 10.8. The van der Waals surface area contributed by atoms with E-state index in [0.717, 1.165) is 18.4 Å². The van der Waals surface area contributed by atoms with Gasteiger partial charge in [0.25, 0.3) is 0 Å². The normalized spacial score (nSPS) is 12.4. The molecule has 2 rings (SSSR count). The van der Waals surface area contributed by atoms with Crippen molar-refractivity contribution in [2.24, 2.45) is 11.7 Å². The van der Waals surface area contributed by atoms with E-state index in [-0.39, 0.29) is 5.82 Å². The molecule has 0 bridgehead atoms. The van der Waals surface area contributed by atoms with Crippen LogP contribution in [0.4, 0.5) is 4.39 Å². The van der Waals surface area contributed by atoms with Gasteiger partial charge in [0, 0.05) is 0 Å². The Bertz CT molecular complexity index is 577. The molecule has 0 aliphatic heterocycles. The maximum atomic E-state index is 13.2. The van der Waals surface area contributed by atoms with Crippen LogP contribution < -0.4 is 5.73 Å². The number of nitrogens with two attached hydrogens (primary N) is 1. The van der Waals surface area contributed by atoms with Crippen molar-refractivity contribution < 1.29 is 4.39 Å². The highest BCUT2D eigenvalue weighted by atomic mass is 19.1. The van der Waals surface area contributed by atoms with Crippen LogP contribution in [0.3, 0.4) is 0 Å². The highest BCUT2D eigenvalue weighted by Crippen LogP contribution is 2.18. The average molecular weight is 271 g/mol. The van der Waals surface area contributed by atoms with Gasteiger partial charge in [0.15, 0.2) is 0 Å². The molecule has 0 heterocycles. The predicted molar refractivity (Wildman–Crippen MR) is 82.3 cm³/mol. The highest BCUT2D eigenvalue weighted by Gasteiger charge is 2.11. The van der Waals surface area contributed by atoms with E-state index in [1.165, 1.54) is 22.8 Å². The van der Waals surface area contributed by atoms with E-state index >= 15 is 0 Å². The summed E-state index contributed by atoms with van der Waals surface area (Å²) < 4.78 is 13.2. The summed E-state index contributed by atoms with van der Waals surface area (Å²) >= 11 is 0. The lowest BCUT2D eigenvalue weighted by Gasteiger charge is -2.17. The van der Waals surface area contributed by atoms with Crippen molar-refractivity contribution in [3.8, 4) is 0 Å². The van der Waals surface area contributed by atoms with Crippen LogP contribution >= 0.6 is 0 Å². The molecular formula is C18H22FN. The summed E-state index contributed by atoms with van der Waals surface area (Å²) in [6.07, 6.45) is 1.77. The molecule has 0 aromatic heterocycles. The van der Waals surface area contributed by atoms with Gasteiger partial charge in [0.1, 0.15) is 5.82 Å². The molecule has 0 spiro atoms. The maximum Gasteiger partial charge on any atom is 0.123 e. The monoisotopic (exact) mass is 271 g/mol. The third-order valence-corrected chi connectivity index (χ3v) is 3.76. The molecule has 0 saturated heterocycles. The standard InChI is InChI=1S/C18H22FN/c1-13-6-7-14(2)17(8-13)10-16(12-20)9-15-4-3-5-18(19)11-15/h3-8,11,16H,9-10,12,20H2,1-2H3. The van der Waals surface area contributed by atoms with Crippen LogP contribution in [0.25, 0.3) is 0 Å². The Morgan fingerprint density at radius 1 is 1.05 bits per heavy atom. The first-order valence-corrected chi connectivity index (χ1v) is 7.09. The first-order chi connectivity index (χ1) is 9.58. The maximum absolute atomic E-state index is 13.2. The second kappa shape index (κ2) is 6.67. The van der Waals surface area contributed by atoms with Crippen LogP contribution in [0.2, 0.25) is 0 Å². The number of benzene rings is 2. The van der Waals surface area contributed by atoms with Gasteiger partial charge in [-0.3, -0.25) is 0 Å². The zero-order chi connectivity index (χ0) is 14.5. The van der Waals surface area contributed by atoms with Gasteiger partial charge in [-0.25, -0.2) is 4.39 Å². The summed E-state index contributed by atoms with van der Waals surface area (Å²) in [7, 11) is 0. The molecule has 20 heavy (non-hydrogen) atoms. The first kappa shape index (κ1) is 14.7. The smallest absolute Gasteiger partial charge is 0.123 e. The van der Waals surface area contributed by atoms with Crippen LogP contribution in [-0.4, -0.2) is 6.54 Å². The average Bonchev–Trinajstić information content (AvgIpc) is 2.42. The van der Waals surface area contributed by atoms with E-state index in [4.69, 9.17) is 5.73 Å². The van der Waals surface area contributed by atoms with Crippen molar-refractivity contribution in [1.29, 1.82) is 0 Å². The predicted octanol–water partition coefficient (Wildman–Crippen LogP) is 3.80. The van der Waals surface area contributed by atoms with Crippen molar-refractivity contribution in [2.75, 3.05) is 6.54 Å². The van der Waals surface area contributed by atoms with Gasteiger partial charge in [-0.05, 0) is 68.0 Å². The number of rotatable bonds is 5. The minimum absolute atomic E-state index is 0.176. The summed E-state index contributed by atoms with van der Waals surface area (Å²) in [6, 6.07) is 13.3. The Balaban J connectivity index is 2.11. The summed E-state index contributed by atoms with van der Waals surface area (Å²) in [5, 5.41) is 0. The zero-order valence-corrected chi connectivity index (χ0v) is 12.2. The largest absolute Gasteiger partial charge is 0.330 e. The van der Waals surface area contributed by atoms with E-state index < -0.39 is 0 Å². The van der Waals surface area contributed by atoms with E-state index in [0.29, 0.717) is 12.5 Å². The third-order valence-electron chi connectivity index (χ3n) is 3.76. The molecule has 0 amide bonds. The number of hydrogen-bond donors (Lipinski definition) is 1. The molecule has 2 aromatic rings. The summed E-state index contributed by atoms with van der Waals surface area (Å²) in [6.45, 7) is 4.85. The molecule has 0 fully saturated rings. The lowest BCUT2D eigenvalue weighted by molar-refractivity contribution is 0.529. The van der Waals surface area contributed by atoms with Gasteiger partial charge in [0.05, 0.1) is 0 Å². The topological polar surface area (TPSA) is 26.0 Å². The first-order valence-electron chi connectivity index (χ1n) is 7.09. The number of hydrogen-bond acceptors (Lipinski definition) is 1. The van der Waals surface area contributed by atoms with E-state index in [2.05, 4.69) is 32.0 Å². The molecule has 2 heteroatoms. The van der Waals surface area contributed by atoms with Crippen molar-refractivity contribution in [2.45, 2.75) is 26.7 Å². The Morgan fingerprint density at radius 2 is 1.85 bits per heavy atom. The molecule has 0 aliphatic carbocycles. The second-order valence-electron chi connectivity index (χ2n) is 5.57. The molecule has 0 saturated carbocycles. The van der Waals surface area contributed by atoms with Gasteiger partial charge in [-0.2, -0.15) is 0 Å². The van der Waals surface area contributed by atoms with Crippen LogP contribution in [0.5, 0.6) is 0 Å². The zero-order valence-electron chi connectivity index (χ0n) is 12.2. The van der Waals surface area contributed by atoms with Crippen LogP contribution in [0, 0.1) is 25.6 Å². The Hall–Kier alpha value is -1.67. The highest BCUT2D eigenvalue weighted by molar-refractivity contribution is 5.31. The van der Waals surface area contributed by atoms with Gasteiger partial charge in [-0.15, -0.1) is 0 Å². The summed E-state index contributed by atoms with van der Waals surface area (Å²) in [5.74, 6) is 0.169. The van der Waals surface area contributed by atoms with Gasteiger partial charge in [0.2, 0.25) is 0 Å². The molecule has 1 nitrogen and oxygen atoms in total. The van der Waals surface area contributed by atoms with Crippen LogP contribution in [-0.2, 0) is 12.8 Å². The van der Waals surface area contributed by atoms with Crippen LogP contribution in [0.15, 0.2) is 42.5 Å². The molecule has 106 valence electrons. The molecule has 1 unspecified atom stereocenters. The number of halogens is 1. The molecule has 2 aromatic carbocycles. The van der Waals surface area contributed by atoms with E-state index in [1.807, 2.05) is 6.07 Å². The Kier molecular flexibility index (Phi) is 4.91. The minimum Gasteiger partial charge on any atom is -0.330 e. The fourth-order valence-corrected chi connectivity index (χ4v) is 2.57. The fourth-order valence-electron chi connectivity index (χ4n) is 2.57. The quantitative estimate of drug-likeness (QED) is 0.879. The Labute approximate surface area is 120 Å². The molecule has 0 radical (unpaired) electrons. The lowest BCUT2D eigenvalue weighted by Crippen LogP contribution is -2.20. The third kappa shape index (κ3) is 3.91. The van der Waals surface area contributed by atoms with Crippen molar-refractivity contribution in [3.63, 3.8) is 0 Å². The fraction of sp³-hybridized carbons (Fsp3) is 0.333. The Morgan fingerprint density at radius 3 is 2.55 bits per heavy atom. The minimum atomic E-state index is -0.176.